The molecular weight excluding hydrogens is 510 g/mol. The molecule has 2 unspecified atom stereocenters. The summed E-state index contributed by atoms with van der Waals surface area (Å²) in [6.07, 6.45) is 7.78. The van der Waals surface area contributed by atoms with Gasteiger partial charge in [0.15, 0.2) is 5.65 Å². The van der Waals surface area contributed by atoms with Gasteiger partial charge in [0.05, 0.1) is 23.0 Å². The number of halogens is 2. The summed E-state index contributed by atoms with van der Waals surface area (Å²) in [6, 6.07) is 14.7. The van der Waals surface area contributed by atoms with E-state index in [-0.39, 0.29) is 11.7 Å². The Morgan fingerprint density at radius 2 is 1.75 bits per heavy atom. The quantitative estimate of drug-likeness (QED) is 0.336. The van der Waals surface area contributed by atoms with E-state index in [0.29, 0.717) is 35.2 Å². The van der Waals surface area contributed by atoms with Gasteiger partial charge in [0.25, 0.3) is 0 Å². The summed E-state index contributed by atoms with van der Waals surface area (Å²) in [5.74, 6) is -1.14. The SMILES string of the molecule is CN1CC2CC1CN2c1c(F)cc(-c2ccnc3c(-c4cccc5[nH]ncc45)c(-c4ccncc4)nn23)cc1F. The van der Waals surface area contributed by atoms with Crippen molar-refractivity contribution in [3.63, 3.8) is 0 Å². The van der Waals surface area contributed by atoms with E-state index in [2.05, 4.69) is 27.1 Å². The number of hydrogen-bond donors (Lipinski definition) is 1. The van der Waals surface area contributed by atoms with E-state index in [4.69, 9.17) is 10.1 Å². The molecule has 2 aliphatic heterocycles. The van der Waals surface area contributed by atoms with Gasteiger partial charge in [0, 0.05) is 60.3 Å². The Bertz CT molecular complexity index is 1890. The van der Waals surface area contributed by atoms with Crippen LogP contribution in [0.15, 0.2) is 73.3 Å². The summed E-state index contributed by atoms with van der Waals surface area (Å²) in [6.45, 7) is 1.44. The zero-order valence-corrected chi connectivity index (χ0v) is 21.6. The molecule has 10 heteroatoms. The first-order chi connectivity index (χ1) is 19.6. The molecule has 8 nitrogen and oxygen atoms in total. The highest BCUT2D eigenvalue weighted by Crippen LogP contribution is 2.41. The van der Waals surface area contributed by atoms with Crippen LogP contribution < -0.4 is 4.90 Å². The molecule has 0 amide bonds. The van der Waals surface area contributed by atoms with Crippen LogP contribution in [0.25, 0.3) is 50.2 Å². The van der Waals surface area contributed by atoms with Crippen molar-refractivity contribution in [3.8, 4) is 33.6 Å². The Morgan fingerprint density at radius 3 is 2.50 bits per heavy atom. The summed E-state index contributed by atoms with van der Waals surface area (Å²) in [4.78, 5) is 13.0. The van der Waals surface area contributed by atoms with Gasteiger partial charge in [0.2, 0.25) is 0 Å². The maximum atomic E-state index is 15.7. The van der Waals surface area contributed by atoms with Crippen LogP contribution in [-0.2, 0) is 0 Å². The number of aromatic amines is 1. The van der Waals surface area contributed by atoms with Gasteiger partial charge in [-0.1, -0.05) is 12.1 Å². The summed E-state index contributed by atoms with van der Waals surface area (Å²) < 4.78 is 33.0. The molecule has 40 heavy (non-hydrogen) atoms. The Morgan fingerprint density at radius 1 is 0.925 bits per heavy atom. The molecule has 0 aliphatic carbocycles. The van der Waals surface area contributed by atoms with E-state index in [1.807, 2.05) is 35.2 Å². The lowest BCUT2D eigenvalue weighted by molar-refractivity contribution is 0.291. The molecule has 2 bridgehead atoms. The predicted molar refractivity (Wildman–Crippen MR) is 149 cm³/mol. The molecule has 2 fully saturated rings. The predicted octanol–water partition coefficient (Wildman–Crippen LogP) is 5.17. The molecular formula is C30H24F2N8. The number of hydrogen-bond acceptors (Lipinski definition) is 6. The Kier molecular flexibility index (Phi) is 5.02. The number of likely N-dealkylation sites (tertiary alicyclic amines) is 1. The Labute approximate surface area is 227 Å². The third-order valence-corrected chi connectivity index (χ3v) is 8.34. The fraction of sp³-hybridized carbons (Fsp3) is 0.200. The summed E-state index contributed by atoms with van der Waals surface area (Å²) in [7, 11) is 2.07. The van der Waals surface area contributed by atoms with E-state index in [1.54, 1.807) is 35.4 Å². The monoisotopic (exact) mass is 534 g/mol. The van der Waals surface area contributed by atoms with Crippen molar-refractivity contribution < 1.29 is 8.78 Å². The maximum absolute atomic E-state index is 15.7. The molecule has 0 saturated carbocycles. The highest BCUT2D eigenvalue weighted by Gasteiger charge is 2.43. The number of benzene rings is 2. The first kappa shape index (κ1) is 23.2. The van der Waals surface area contributed by atoms with Crippen LogP contribution >= 0.6 is 0 Å². The molecule has 0 spiro atoms. The van der Waals surface area contributed by atoms with Crippen LogP contribution in [0.5, 0.6) is 0 Å². The van der Waals surface area contributed by atoms with Gasteiger partial charge < -0.3 is 4.90 Å². The molecule has 2 atom stereocenters. The molecule has 2 aromatic carbocycles. The topological polar surface area (TPSA) is 78.2 Å². The minimum Gasteiger partial charge on any atom is -0.361 e. The molecule has 6 aromatic rings. The largest absolute Gasteiger partial charge is 0.361 e. The zero-order chi connectivity index (χ0) is 27.0. The molecule has 2 saturated heterocycles. The molecule has 6 heterocycles. The van der Waals surface area contributed by atoms with Crippen LogP contribution in [0.4, 0.5) is 14.5 Å². The van der Waals surface area contributed by atoms with E-state index in [9.17, 15) is 0 Å². The normalized spacial score (nSPS) is 18.9. The number of H-pyrrole nitrogens is 1. The van der Waals surface area contributed by atoms with E-state index in [1.165, 1.54) is 12.1 Å². The summed E-state index contributed by atoms with van der Waals surface area (Å²) >= 11 is 0. The Balaban J connectivity index is 1.32. The van der Waals surface area contributed by atoms with Crippen molar-refractivity contribution in [2.24, 2.45) is 0 Å². The number of nitrogens with zero attached hydrogens (tertiary/aromatic N) is 7. The van der Waals surface area contributed by atoms with Crippen LogP contribution in [0, 0.1) is 11.6 Å². The zero-order valence-electron chi connectivity index (χ0n) is 21.6. The number of piperazine rings is 1. The van der Waals surface area contributed by atoms with Gasteiger partial charge in [-0.3, -0.25) is 15.0 Å². The third-order valence-electron chi connectivity index (χ3n) is 8.34. The van der Waals surface area contributed by atoms with Crippen molar-refractivity contribution in [1.82, 2.24) is 34.7 Å². The second-order valence-corrected chi connectivity index (χ2v) is 10.6. The van der Waals surface area contributed by atoms with Crippen molar-refractivity contribution >= 4 is 22.2 Å². The summed E-state index contributed by atoms with van der Waals surface area (Å²) in [5.41, 5.74) is 5.68. The van der Waals surface area contributed by atoms with Gasteiger partial charge in [-0.15, -0.1) is 0 Å². The number of rotatable bonds is 4. The number of aromatic nitrogens is 6. The standard InChI is InChI=1S/C30H24F2N8/c1-38-15-20-13-19(38)16-39(20)29-23(31)11-18(12-24(29)32)26-7-10-34-30-27(21-3-2-4-25-22(21)14-35-36-25)28(37-40(26)30)17-5-8-33-9-6-17/h2-12,14,19-20H,13,15-16H2,1H3,(H,35,36). The number of nitrogens with one attached hydrogen (secondary N) is 1. The fourth-order valence-electron chi connectivity index (χ4n) is 6.44. The lowest BCUT2D eigenvalue weighted by Crippen LogP contribution is -2.45. The minimum atomic E-state index is -0.569. The highest BCUT2D eigenvalue weighted by atomic mass is 19.1. The second kappa shape index (κ2) is 8.65. The van der Waals surface area contributed by atoms with Crippen molar-refractivity contribution in [3.05, 3.63) is 85.0 Å². The Hall–Kier alpha value is -4.70. The maximum Gasteiger partial charge on any atom is 0.164 e. The van der Waals surface area contributed by atoms with Crippen LogP contribution in [0.2, 0.25) is 0 Å². The van der Waals surface area contributed by atoms with Crippen molar-refractivity contribution in [2.45, 2.75) is 18.5 Å². The van der Waals surface area contributed by atoms with Crippen molar-refractivity contribution in [2.75, 3.05) is 25.0 Å². The first-order valence-corrected chi connectivity index (χ1v) is 13.2. The van der Waals surface area contributed by atoms with E-state index in [0.717, 1.165) is 40.6 Å². The van der Waals surface area contributed by atoms with Crippen LogP contribution in [-0.4, -0.2) is 66.9 Å². The fourth-order valence-corrected chi connectivity index (χ4v) is 6.44. The van der Waals surface area contributed by atoms with E-state index < -0.39 is 11.6 Å². The number of pyridine rings is 1. The lowest BCUT2D eigenvalue weighted by Gasteiger charge is -2.34. The lowest BCUT2D eigenvalue weighted by atomic mass is 9.99. The number of fused-ring (bicyclic) bond motifs is 4. The van der Waals surface area contributed by atoms with Gasteiger partial charge in [-0.25, -0.2) is 18.3 Å². The number of likely N-dealkylation sites (N-methyl/N-ethyl adjacent to an activating group) is 1. The van der Waals surface area contributed by atoms with Crippen LogP contribution in [0.1, 0.15) is 6.42 Å². The minimum absolute atomic E-state index is 0.0555. The molecule has 198 valence electrons. The average Bonchev–Trinajstić information content (AvgIpc) is 3.75. The van der Waals surface area contributed by atoms with Gasteiger partial charge in [-0.05, 0) is 55.4 Å². The summed E-state index contributed by atoms with van der Waals surface area (Å²) in [5, 5.41) is 13.1. The van der Waals surface area contributed by atoms with E-state index >= 15 is 8.78 Å². The van der Waals surface area contributed by atoms with Gasteiger partial charge in [0.1, 0.15) is 23.0 Å². The van der Waals surface area contributed by atoms with Gasteiger partial charge >= 0.3 is 0 Å². The smallest absolute Gasteiger partial charge is 0.164 e. The van der Waals surface area contributed by atoms with Crippen LogP contribution in [0.3, 0.4) is 0 Å². The van der Waals surface area contributed by atoms with Gasteiger partial charge in [-0.2, -0.15) is 10.2 Å². The molecule has 0 radical (unpaired) electrons. The molecule has 2 aliphatic rings. The average molecular weight is 535 g/mol. The third kappa shape index (κ3) is 3.39. The first-order valence-electron chi connectivity index (χ1n) is 13.2. The molecule has 8 rings (SSSR count). The highest BCUT2D eigenvalue weighted by molar-refractivity contribution is 6.02. The number of anilines is 1. The second-order valence-electron chi connectivity index (χ2n) is 10.6. The molecule has 1 N–H and O–H groups in total. The van der Waals surface area contributed by atoms with Crippen molar-refractivity contribution in [1.29, 1.82) is 0 Å². The molecule has 4 aromatic heterocycles.